The number of carbonyl (C=O) groups excluding carboxylic acids is 2. The first-order valence-corrected chi connectivity index (χ1v) is 6.35. The normalized spacial score (nSPS) is 17.1. The number of rotatable bonds is 8. The van der Waals surface area contributed by atoms with Crippen LogP contribution in [0.25, 0.3) is 0 Å². The molecule has 6 heteroatoms. The van der Waals surface area contributed by atoms with Crippen LogP contribution >= 0.6 is 0 Å². The molecule has 1 unspecified atom stereocenters. The fourth-order valence-corrected chi connectivity index (χ4v) is 2.21. The molecular formula is C12H20N2O4. The minimum Gasteiger partial charge on any atom is -0.480 e. The monoisotopic (exact) mass is 256 g/mol. The number of carboxylic acids is 1. The molecule has 0 radical (unpaired) electrons. The van der Waals surface area contributed by atoms with Crippen molar-refractivity contribution in [3.05, 3.63) is 0 Å². The molecule has 0 aromatic heterocycles. The molecule has 0 aromatic rings. The van der Waals surface area contributed by atoms with E-state index >= 15 is 0 Å². The van der Waals surface area contributed by atoms with Crippen molar-refractivity contribution in [2.45, 2.75) is 44.6 Å². The average molecular weight is 256 g/mol. The van der Waals surface area contributed by atoms with E-state index in [2.05, 4.69) is 10.6 Å². The fraction of sp³-hybridized carbons (Fsp3) is 0.750. The maximum absolute atomic E-state index is 11.7. The van der Waals surface area contributed by atoms with E-state index in [0.29, 0.717) is 25.8 Å². The standard InChI is InChI=1S/C12H20N2O4/c15-8-14-10(12(17)18)6-3-7-13-11(16)9-4-1-2-5-9/h8-10H,1-7H2,(H,13,16)(H,14,15)(H,17,18). The van der Waals surface area contributed by atoms with Crippen LogP contribution in [0, 0.1) is 5.92 Å². The van der Waals surface area contributed by atoms with Gasteiger partial charge >= 0.3 is 5.97 Å². The van der Waals surface area contributed by atoms with Crippen molar-refractivity contribution in [2.75, 3.05) is 6.54 Å². The van der Waals surface area contributed by atoms with Crippen LogP contribution in [-0.4, -0.2) is 36.0 Å². The molecule has 1 saturated carbocycles. The minimum atomic E-state index is -1.05. The van der Waals surface area contributed by atoms with Crippen LogP contribution in [0.5, 0.6) is 0 Å². The first kappa shape index (κ1) is 14.5. The maximum Gasteiger partial charge on any atom is 0.326 e. The lowest BCUT2D eigenvalue weighted by Gasteiger charge is -2.12. The summed E-state index contributed by atoms with van der Waals surface area (Å²) in [6.07, 6.45) is 5.38. The van der Waals surface area contributed by atoms with Gasteiger partial charge in [0.15, 0.2) is 0 Å². The summed E-state index contributed by atoms with van der Waals surface area (Å²) in [4.78, 5) is 32.6. The lowest BCUT2D eigenvalue weighted by Crippen LogP contribution is -2.37. The summed E-state index contributed by atoms with van der Waals surface area (Å²) >= 11 is 0. The Morgan fingerprint density at radius 3 is 2.56 bits per heavy atom. The van der Waals surface area contributed by atoms with Gasteiger partial charge in [0.05, 0.1) is 0 Å². The van der Waals surface area contributed by atoms with Gasteiger partial charge < -0.3 is 15.7 Å². The van der Waals surface area contributed by atoms with Crippen molar-refractivity contribution < 1.29 is 19.5 Å². The van der Waals surface area contributed by atoms with Gasteiger partial charge in [0.25, 0.3) is 0 Å². The van der Waals surface area contributed by atoms with Crippen LogP contribution in [0.2, 0.25) is 0 Å². The molecule has 0 aromatic carbocycles. The number of carboxylic acid groups (broad SMARTS) is 1. The lowest BCUT2D eigenvalue weighted by atomic mass is 10.1. The molecule has 3 N–H and O–H groups in total. The van der Waals surface area contributed by atoms with E-state index in [1.165, 1.54) is 0 Å². The molecule has 1 aliphatic rings. The molecule has 1 aliphatic carbocycles. The molecule has 0 saturated heterocycles. The van der Waals surface area contributed by atoms with E-state index in [-0.39, 0.29) is 11.8 Å². The Bertz CT molecular complexity index is 300. The van der Waals surface area contributed by atoms with Crippen molar-refractivity contribution >= 4 is 18.3 Å². The second-order valence-corrected chi connectivity index (χ2v) is 4.59. The molecule has 0 spiro atoms. The number of hydrogen-bond donors (Lipinski definition) is 3. The van der Waals surface area contributed by atoms with Gasteiger partial charge in [-0.3, -0.25) is 9.59 Å². The average Bonchev–Trinajstić information content (AvgIpc) is 2.86. The summed E-state index contributed by atoms with van der Waals surface area (Å²) < 4.78 is 0. The molecule has 102 valence electrons. The second kappa shape index (κ2) is 7.68. The first-order chi connectivity index (χ1) is 8.65. The van der Waals surface area contributed by atoms with Gasteiger partial charge in [-0.15, -0.1) is 0 Å². The largest absolute Gasteiger partial charge is 0.480 e. The summed E-state index contributed by atoms with van der Waals surface area (Å²) in [5, 5.41) is 13.8. The van der Waals surface area contributed by atoms with Gasteiger partial charge in [0.1, 0.15) is 6.04 Å². The lowest BCUT2D eigenvalue weighted by molar-refractivity contribution is -0.140. The molecule has 1 rings (SSSR count). The van der Waals surface area contributed by atoms with Crippen molar-refractivity contribution in [2.24, 2.45) is 5.92 Å². The molecule has 1 atom stereocenters. The topological polar surface area (TPSA) is 95.5 Å². The van der Waals surface area contributed by atoms with E-state index in [9.17, 15) is 14.4 Å². The Hall–Kier alpha value is -1.59. The number of carbonyl (C=O) groups is 3. The van der Waals surface area contributed by atoms with E-state index in [4.69, 9.17) is 5.11 Å². The zero-order valence-electron chi connectivity index (χ0n) is 10.4. The van der Waals surface area contributed by atoms with Gasteiger partial charge in [-0.2, -0.15) is 0 Å². The quantitative estimate of drug-likeness (QED) is 0.429. The van der Waals surface area contributed by atoms with Crippen LogP contribution in [-0.2, 0) is 14.4 Å². The third-order valence-electron chi connectivity index (χ3n) is 3.26. The molecule has 0 bridgehead atoms. The third kappa shape index (κ3) is 4.73. The highest BCUT2D eigenvalue weighted by Crippen LogP contribution is 2.24. The highest BCUT2D eigenvalue weighted by molar-refractivity contribution is 5.78. The highest BCUT2D eigenvalue weighted by atomic mass is 16.4. The van der Waals surface area contributed by atoms with Crippen molar-refractivity contribution in [1.82, 2.24) is 10.6 Å². The molecule has 6 nitrogen and oxygen atoms in total. The molecular weight excluding hydrogens is 236 g/mol. The van der Waals surface area contributed by atoms with Crippen molar-refractivity contribution in [1.29, 1.82) is 0 Å². The number of amides is 2. The predicted octanol–water partition coefficient (Wildman–Crippen LogP) is 0.272. The maximum atomic E-state index is 11.7. The summed E-state index contributed by atoms with van der Waals surface area (Å²) in [5.41, 5.74) is 0. The molecule has 18 heavy (non-hydrogen) atoms. The zero-order valence-corrected chi connectivity index (χ0v) is 10.4. The first-order valence-electron chi connectivity index (χ1n) is 6.35. The Kier molecular flexibility index (Phi) is 6.18. The Labute approximate surface area is 106 Å². The van der Waals surface area contributed by atoms with E-state index in [0.717, 1.165) is 25.7 Å². The fourth-order valence-electron chi connectivity index (χ4n) is 2.21. The van der Waals surface area contributed by atoms with Gasteiger partial charge in [0.2, 0.25) is 12.3 Å². The summed E-state index contributed by atoms with van der Waals surface area (Å²) in [6, 6.07) is -0.870. The third-order valence-corrected chi connectivity index (χ3v) is 3.26. The van der Waals surface area contributed by atoms with Crippen LogP contribution in [0.15, 0.2) is 0 Å². The number of aliphatic carboxylic acids is 1. The van der Waals surface area contributed by atoms with Gasteiger partial charge in [-0.25, -0.2) is 4.79 Å². The highest BCUT2D eigenvalue weighted by Gasteiger charge is 2.22. The van der Waals surface area contributed by atoms with Crippen LogP contribution in [0.3, 0.4) is 0 Å². The summed E-state index contributed by atoms with van der Waals surface area (Å²) in [7, 11) is 0. The van der Waals surface area contributed by atoms with Crippen LogP contribution in [0.4, 0.5) is 0 Å². The molecule has 0 aliphatic heterocycles. The smallest absolute Gasteiger partial charge is 0.326 e. The number of nitrogens with one attached hydrogen (secondary N) is 2. The van der Waals surface area contributed by atoms with E-state index < -0.39 is 12.0 Å². The Morgan fingerprint density at radius 1 is 1.33 bits per heavy atom. The van der Waals surface area contributed by atoms with E-state index in [1.54, 1.807) is 0 Å². The van der Waals surface area contributed by atoms with Gasteiger partial charge in [0, 0.05) is 12.5 Å². The zero-order chi connectivity index (χ0) is 13.4. The minimum absolute atomic E-state index is 0.0720. The Morgan fingerprint density at radius 2 is 2.00 bits per heavy atom. The van der Waals surface area contributed by atoms with Crippen molar-refractivity contribution in [3.63, 3.8) is 0 Å². The van der Waals surface area contributed by atoms with Gasteiger partial charge in [-0.05, 0) is 25.7 Å². The van der Waals surface area contributed by atoms with E-state index in [1.807, 2.05) is 0 Å². The van der Waals surface area contributed by atoms with Crippen LogP contribution in [0.1, 0.15) is 38.5 Å². The number of hydrogen-bond acceptors (Lipinski definition) is 3. The second-order valence-electron chi connectivity index (χ2n) is 4.59. The molecule has 2 amide bonds. The SMILES string of the molecule is O=CNC(CCCNC(=O)C1CCCC1)C(=O)O. The van der Waals surface area contributed by atoms with Crippen LogP contribution < -0.4 is 10.6 Å². The Balaban J connectivity index is 2.14. The van der Waals surface area contributed by atoms with Crippen molar-refractivity contribution in [3.8, 4) is 0 Å². The van der Waals surface area contributed by atoms with Gasteiger partial charge in [-0.1, -0.05) is 12.8 Å². The molecule has 0 heterocycles. The summed E-state index contributed by atoms with van der Waals surface area (Å²) in [5.74, 6) is -0.847. The predicted molar refractivity (Wildman–Crippen MR) is 64.8 cm³/mol. The molecule has 1 fully saturated rings. The summed E-state index contributed by atoms with van der Waals surface area (Å²) in [6.45, 7) is 0.458.